The molecule has 0 aliphatic heterocycles. The molecule has 2 aromatic rings. The van der Waals surface area contributed by atoms with Crippen LogP contribution in [0.1, 0.15) is 37.8 Å². The molecule has 0 saturated carbocycles. The highest BCUT2D eigenvalue weighted by atomic mass is 16.2. The molecule has 0 aliphatic rings. The SMILES string of the molecule is CCCC(=O)Nc1ccc(CNC(=O)C(C)(N)c2ccccc2)cc1. The van der Waals surface area contributed by atoms with Crippen molar-refractivity contribution in [1.82, 2.24) is 5.32 Å². The average molecular weight is 339 g/mol. The zero-order valence-corrected chi connectivity index (χ0v) is 14.7. The van der Waals surface area contributed by atoms with Crippen molar-refractivity contribution in [3.05, 3.63) is 65.7 Å². The first-order valence-corrected chi connectivity index (χ1v) is 8.45. The van der Waals surface area contributed by atoms with E-state index in [-0.39, 0.29) is 11.8 Å². The van der Waals surface area contributed by atoms with Crippen molar-refractivity contribution in [3.63, 3.8) is 0 Å². The standard InChI is InChI=1S/C20H25N3O2/c1-3-7-18(24)23-17-12-10-15(11-13-17)14-22-19(25)20(2,21)16-8-5-4-6-9-16/h4-6,8-13H,3,7,14,21H2,1-2H3,(H,22,25)(H,23,24). The largest absolute Gasteiger partial charge is 0.350 e. The maximum absolute atomic E-state index is 12.4. The number of hydrogen-bond acceptors (Lipinski definition) is 3. The molecule has 0 bridgehead atoms. The topological polar surface area (TPSA) is 84.2 Å². The Hall–Kier alpha value is -2.66. The van der Waals surface area contributed by atoms with Crippen molar-refractivity contribution in [2.45, 2.75) is 38.8 Å². The van der Waals surface area contributed by atoms with Gasteiger partial charge in [-0.3, -0.25) is 9.59 Å². The number of hydrogen-bond donors (Lipinski definition) is 3. The van der Waals surface area contributed by atoms with E-state index in [0.29, 0.717) is 13.0 Å². The fourth-order valence-electron chi connectivity index (χ4n) is 2.44. The molecule has 2 rings (SSSR count). The summed E-state index contributed by atoms with van der Waals surface area (Å²) in [6.07, 6.45) is 1.32. The highest BCUT2D eigenvalue weighted by Crippen LogP contribution is 2.18. The Kier molecular flexibility index (Phi) is 6.31. The van der Waals surface area contributed by atoms with Gasteiger partial charge in [0.1, 0.15) is 5.54 Å². The van der Waals surface area contributed by atoms with Crippen molar-refractivity contribution >= 4 is 17.5 Å². The minimum Gasteiger partial charge on any atom is -0.350 e. The molecule has 0 fully saturated rings. The van der Waals surface area contributed by atoms with Crippen LogP contribution in [0.25, 0.3) is 0 Å². The predicted octanol–water partition coefficient (Wildman–Crippen LogP) is 2.92. The monoisotopic (exact) mass is 339 g/mol. The van der Waals surface area contributed by atoms with Gasteiger partial charge >= 0.3 is 0 Å². The van der Waals surface area contributed by atoms with Crippen LogP contribution in [0.3, 0.4) is 0 Å². The Bertz CT molecular complexity index is 709. The van der Waals surface area contributed by atoms with Crippen LogP contribution in [0.15, 0.2) is 54.6 Å². The van der Waals surface area contributed by atoms with Crippen LogP contribution < -0.4 is 16.4 Å². The highest BCUT2D eigenvalue weighted by Gasteiger charge is 2.29. The van der Waals surface area contributed by atoms with E-state index < -0.39 is 5.54 Å². The highest BCUT2D eigenvalue weighted by molar-refractivity contribution is 5.90. The first-order valence-electron chi connectivity index (χ1n) is 8.45. The Labute approximate surface area is 148 Å². The molecule has 2 aromatic carbocycles. The van der Waals surface area contributed by atoms with Crippen molar-refractivity contribution in [2.24, 2.45) is 5.73 Å². The molecule has 0 radical (unpaired) electrons. The molecular weight excluding hydrogens is 314 g/mol. The van der Waals surface area contributed by atoms with Gasteiger partial charge < -0.3 is 16.4 Å². The van der Waals surface area contributed by atoms with Gasteiger partial charge in [-0.2, -0.15) is 0 Å². The lowest BCUT2D eigenvalue weighted by Crippen LogP contribution is -2.48. The summed E-state index contributed by atoms with van der Waals surface area (Å²) in [5.41, 5.74) is 7.56. The molecular formula is C20H25N3O2. The fraction of sp³-hybridized carbons (Fsp3) is 0.300. The number of anilines is 1. The second-order valence-corrected chi connectivity index (χ2v) is 6.25. The lowest BCUT2D eigenvalue weighted by atomic mass is 9.92. The van der Waals surface area contributed by atoms with E-state index in [0.717, 1.165) is 23.2 Å². The molecule has 2 amide bonds. The number of carbonyl (C=O) groups excluding carboxylic acids is 2. The van der Waals surface area contributed by atoms with Crippen molar-refractivity contribution in [2.75, 3.05) is 5.32 Å². The van der Waals surface area contributed by atoms with E-state index in [1.807, 2.05) is 61.5 Å². The zero-order chi connectivity index (χ0) is 18.3. The summed E-state index contributed by atoms with van der Waals surface area (Å²) in [6.45, 7) is 4.04. The van der Waals surface area contributed by atoms with Crippen molar-refractivity contribution in [1.29, 1.82) is 0 Å². The van der Waals surface area contributed by atoms with Crippen molar-refractivity contribution in [3.8, 4) is 0 Å². The van der Waals surface area contributed by atoms with Crippen LogP contribution in [0.4, 0.5) is 5.69 Å². The third-order valence-electron chi connectivity index (χ3n) is 4.01. The second-order valence-electron chi connectivity index (χ2n) is 6.25. The average Bonchev–Trinajstić information content (AvgIpc) is 2.61. The lowest BCUT2D eigenvalue weighted by molar-refractivity contribution is -0.126. The normalized spacial score (nSPS) is 12.9. The van der Waals surface area contributed by atoms with Gasteiger partial charge in [0, 0.05) is 18.7 Å². The van der Waals surface area contributed by atoms with Gasteiger partial charge in [-0.05, 0) is 36.6 Å². The van der Waals surface area contributed by atoms with E-state index in [1.165, 1.54) is 0 Å². The molecule has 25 heavy (non-hydrogen) atoms. The predicted molar refractivity (Wildman–Crippen MR) is 99.8 cm³/mol. The minimum atomic E-state index is -1.09. The maximum atomic E-state index is 12.4. The van der Waals surface area contributed by atoms with Crippen LogP contribution in [0, 0.1) is 0 Å². The van der Waals surface area contributed by atoms with Gasteiger partial charge in [0.2, 0.25) is 11.8 Å². The van der Waals surface area contributed by atoms with E-state index in [2.05, 4.69) is 10.6 Å². The smallest absolute Gasteiger partial charge is 0.244 e. The van der Waals surface area contributed by atoms with Gasteiger partial charge in [0.15, 0.2) is 0 Å². The number of nitrogens with one attached hydrogen (secondary N) is 2. The van der Waals surface area contributed by atoms with Crippen LogP contribution >= 0.6 is 0 Å². The summed E-state index contributed by atoms with van der Waals surface area (Å²) in [5, 5.41) is 5.70. The van der Waals surface area contributed by atoms with Gasteiger partial charge in [0.25, 0.3) is 0 Å². The molecule has 5 nitrogen and oxygen atoms in total. The van der Waals surface area contributed by atoms with E-state index in [9.17, 15) is 9.59 Å². The molecule has 1 atom stereocenters. The first-order chi connectivity index (χ1) is 11.9. The number of carbonyl (C=O) groups is 2. The Morgan fingerprint density at radius 2 is 1.68 bits per heavy atom. The molecule has 4 N–H and O–H groups in total. The van der Waals surface area contributed by atoms with Gasteiger partial charge in [-0.15, -0.1) is 0 Å². The maximum Gasteiger partial charge on any atom is 0.244 e. The van der Waals surface area contributed by atoms with Gasteiger partial charge in [-0.25, -0.2) is 0 Å². The van der Waals surface area contributed by atoms with Crippen molar-refractivity contribution < 1.29 is 9.59 Å². The Balaban J connectivity index is 1.92. The fourth-order valence-corrected chi connectivity index (χ4v) is 2.44. The number of amides is 2. The zero-order valence-electron chi connectivity index (χ0n) is 14.7. The molecule has 1 unspecified atom stereocenters. The Morgan fingerprint density at radius 3 is 2.28 bits per heavy atom. The van der Waals surface area contributed by atoms with Gasteiger partial charge in [0.05, 0.1) is 0 Å². The summed E-state index contributed by atoms with van der Waals surface area (Å²) in [6, 6.07) is 16.7. The van der Waals surface area contributed by atoms with E-state index in [1.54, 1.807) is 6.92 Å². The molecule has 0 aliphatic carbocycles. The lowest BCUT2D eigenvalue weighted by Gasteiger charge is -2.24. The van der Waals surface area contributed by atoms with Crippen LogP contribution in [0.2, 0.25) is 0 Å². The van der Waals surface area contributed by atoms with E-state index in [4.69, 9.17) is 5.73 Å². The molecule has 132 valence electrons. The summed E-state index contributed by atoms with van der Waals surface area (Å²) in [5.74, 6) is -0.232. The minimum absolute atomic E-state index is 0.00492. The first kappa shape index (κ1) is 18.7. The molecule has 0 heterocycles. The summed E-state index contributed by atoms with van der Waals surface area (Å²) < 4.78 is 0. The number of rotatable bonds is 7. The molecule has 0 aromatic heterocycles. The number of nitrogens with two attached hydrogens (primary N) is 1. The number of benzene rings is 2. The Morgan fingerprint density at radius 1 is 1.04 bits per heavy atom. The summed E-state index contributed by atoms with van der Waals surface area (Å²) >= 11 is 0. The summed E-state index contributed by atoms with van der Waals surface area (Å²) in [7, 11) is 0. The van der Waals surface area contributed by atoms with Gasteiger partial charge in [-0.1, -0.05) is 49.4 Å². The molecule has 0 saturated heterocycles. The second kappa shape index (κ2) is 8.44. The van der Waals surface area contributed by atoms with Crippen LogP contribution in [-0.2, 0) is 21.7 Å². The third kappa shape index (κ3) is 5.16. The summed E-state index contributed by atoms with van der Waals surface area (Å²) in [4.78, 5) is 24.0. The molecule has 0 spiro atoms. The third-order valence-corrected chi connectivity index (χ3v) is 4.01. The molecule has 5 heteroatoms. The van der Waals surface area contributed by atoms with Crippen LogP contribution in [-0.4, -0.2) is 11.8 Å². The van der Waals surface area contributed by atoms with Crippen LogP contribution in [0.5, 0.6) is 0 Å². The van der Waals surface area contributed by atoms with E-state index >= 15 is 0 Å². The quantitative estimate of drug-likeness (QED) is 0.725.